The largest absolute Gasteiger partial charge is 0.407 e. The minimum absolute atomic E-state index is 0.00880. The Kier molecular flexibility index (Phi) is 5.91. The lowest BCUT2D eigenvalue weighted by Crippen LogP contribution is -2.67. The third kappa shape index (κ3) is 3.68. The lowest BCUT2D eigenvalue weighted by Gasteiger charge is -2.59. The molecule has 0 saturated heterocycles. The number of hydrogen-bond donors (Lipinski definition) is 0. The van der Waals surface area contributed by atoms with E-state index in [1.54, 1.807) is 7.11 Å². The second-order valence-corrected chi connectivity index (χ2v) is 15.2. The van der Waals surface area contributed by atoms with Gasteiger partial charge in [0.2, 0.25) is 0 Å². The molecule has 2 bridgehead atoms. The Bertz CT molecular complexity index is 878. The van der Waals surface area contributed by atoms with Crippen LogP contribution in [0.2, 0.25) is 5.04 Å². The van der Waals surface area contributed by atoms with Crippen LogP contribution < -0.4 is 10.4 Å². The summed E-state index contributed by atoms with van der Waals surface area (Å²) in [6.45, 7) is 12.5. The van der Waals surface area contributed by atoms with E-state index < -0.39 is 8.32 Å². The highest BCUT2D eigenvalue weighted by atomic mass is 28.4. The number of nitrogens with zero attached hydrogens (tertiary/aromatic N) is 1. The van der Waals surface area contributed by atoms with E-state index in [-0.39, 0.29) is 5.04 Å². The molecule has 2 aromatic rings. The molecule has 0 amide bonds. The summed E-state index contributed by atoms with van der Waals surface area (Å²) in [4.78, 5) is 5.31. The van der Waals surface area contributed by atoms with Crippen LogP contribution in [0.3, 0.4) is 0 Å². The number of benzene rings is 2. The molecule has 0 heterocycles. The molecule has 0 N–H and O–H groups in total. The van der Waals surface area contributed by atoms with Crippen LogP contribution in [0.25, 0.3) is 0 Å². The van der Waals surface area contributed by atoms with E-state index in [1.165, 1.54) is 22.5 Å². The van der Waals surface area contributed by atoms with Crippen molar-refractivity contribution in [3.05, 3.63) is 60.7 Å². The third-order valence-corrected chi connectivity index (χ3v) is 12.9. The van der Waals surface area contributed by atoms with Gasteiger partial charge in [0, 0.05) is 18.4 Å². The summed E-state index contributed by atoms with van der Waals surface area (Å²) in [5.41, 5.74) is 1.54. The molecule has 3 fully saturated rings. The van der Waals surface area contributed by atoms with Crippen LogP contribution in [0.1, 0.15) is 47.5 Å². The van der Waals surface area contributed by atoms with Gasteiger partial charge in [0.25, 0.3) is 8.32 Å². The first kappa shape index (κ1) is 22.3. The van der Waals surface area contributed by atoms with Crippen molar-refractivity contribution in [2.75, 3.05) is 13.7 Å². The minimum Gasteiger partial charge on any atom is -0.407 e. The lowest BCUT2D eigenvalue weighted by atomic mass is 9.46. The molecule has 0 aromatic heterocycles. The average molecular weight is 436 g/mol. The zero-order valence-electron chi connectivity index (χ0n) is 19.9. The molecular formula is C27H37NO2Si. The molecule has 3 nitrogen and oxygen atoms in total. The van der Waals surface area contributed by atoms with E-state index >= 15 is 0 Å². The zero-order valence-corrected chi connectivity index (χ0v) is 20.9. The molecule has 3 atom stereocenters. The Hall–Kier alpha value is -1.91. The van der Waals surface area contributed by atoms with Crippen molar-refractivity contribution in [1.29, 1.82) is 0 Å². The summed E-state index contributed by atoms with van der Waals surface area (Å²) in [6.07, 6.45) is 2.38. The van der Waals surface area contributed by atoms with Crippen molar-refractivity contribution in [3.63, 3.8) is 0 Å². The normalized spacial score (nSPS) is 26.4. The third-order valence-electron chi connectivity index (χ3n) is 7.93. The Balaban J connectivity index is 1.72. The van der Waals surface area contributed by atoms with E-state index in [4.69, 9.17) is 9.26 Å². The van der Waals surface area contributed by atoms with Gasteiger partial charge in [-0.05, 0) is 39.6 Å². The van der Waals surface area contributed by atoms with Crippen LogP contribution in [0.15, 0.2) is 65.8 Å². The quantitative estimate of drug-likeness (QED) is 0.458. The number of rotatable bonds is 6. The van der Waals surface area contributed by atoms with Gasteiger partial charge < -0.3 is 9.26 Å². The predicted molar refractivity (Wildman–Crippen MR) is 132 cm³/mol. The molecule has 3 saturated carbocycles. The Morgan fingerprint density at radius 1 is 0.935 bits per heavy atom. The molecule has 0 radical (unpaired) electrons. The van der Waals surface area contributed by atoms with Gasteiger partial charge in [-0.15, -0.1) is 0 Å². The first-order chi connectivity index (χ1) is 14.7. The number of fused-ring (bicyclic) bond motifs is 2. The molecule has 3 unspecified atom stereocenters. The van der Waals surface area contributed by atoms with Gasteiger partial charge in [0.1, 0.15) is 7.11 Å². The Morgan fingerprint density at radius 3 is 1.94 bits per heavy atom. The molecule has 166 valence electrons. The molecule has 2 aromatic carbocycles. The minimum atomic E-state index is -2.52. The van der Waals surface area contributed by atoms with Crippen LogP contribution in [0.4, 0.5) is 0 Å². The summed E-state index contributed by atoms with van der Waals surface area (Å²) in [7, 11) is -0.853. The average Bonchev–Trinajstić information content (AvgIpc) is 2.75. The molecule has 4 heteroatoms. The molecular weight excluding hydrogens is 398 g/mol. The topological polar surface area (TPSA) is 30.8 Å². The van der Waals surface area contributed by atoms with Gasteiger partial charge in [0.05, 0.1) is 5.71 Å². The van der Waals surface area contributed by atoms with Crippen molar-refractivity contribution in [1.82, 2.24) is 0 Å². The van der Waals surface area contributed by atoms with Crippen molar-refractivity contribution < 1.29 is 9.26 Å². The molecule has 5 rings (SSSR count). The van der Waals surface area contributed by atoms with Gasteiger partial charge in [0.15, 0.2) is 0 Å². The fourth-order valence-corrected chi connectivity index (χ4v) is 10.7. The fraction of sp³-hybridized carbons (Fsp3) is 0.519. The number of hydrogen-bond acceptors (Lipinski definition) is 3. The maximum Gasteiger partial charge on any atom is 0.261 e. The van der Waals surface area contributed by atoms with Crippen LogP contribution in [-0.4, -0.2) is 27.7 Å². The van der Waals surface area contributed by atoms with Crippen molar-refractivity contribution in [2.24, 2.45) is 28.3 Å². The highest BCUT2D eigenvalue weighted by molar-refractivity contribution is 6.99. The summed E-state index contributed by atoms with van der Waals surface area (Å²) in [5, 5.41) is 7.20. The van der Waals surface area contributed by atoms with E-state index in [9.17, 15) is 0 Å². The summed E-state index contributed by atoms with van der Waals surface area (Å²) in [6, 6.07) is 21.8. The summed E-state index contributed by atoms with van der Waals surface area (Å²) >= 11 is 0. The second-order valence-electron chi connectivity index (χ2n) is 10.9. The maximum atomic E-state index is 7.22. The Morgan fingerprint density at radius 2 is 1.48 bits per heavy atom. The van der Waals surface area contributed by atoms with E-state index in [1.807, 2.05) is 0 Å². The standard InChI is InChI=1S/C27H37NO2Si/c1-26(2,3)31(22-13-9-7-10-14-22,23-15-11-8-12-16-23)30-19-20-17-21-18-24(27(21,4)5)25(20)28-29-6/h7-16,20-21,24H,17-19H2,1-6H3/b28-25-. The predicted octanol–water partition coefficient (Wildman–Crippen LogP) is 5.25. The van der Waals surface area contributed by atoms with E-state index in [2.05, 4.69) is 100 Å². The van der Waals surface area contributed by atoms with Crippen molar-refractivity contribution in [2.45, 2.75) is 52.5 Å². The Labute approximate surface area is 189 Å². The SMILES string of the molecule is CO/N=C1/C(CO[Si](c2ccccc2)(c2ccccc2)C(C)(C)C)CC2CC1C2(C)C. The molecule has 3 aliphatic carbocycles. The first-order valence-electron chi connectivity index (χ1n) is 11.6. The maximum absolute atomic E-state index is 7.22. The smallest absolute Gasteiger partial charge is 0.261 e. The van der Waals surface area contributed by atoms with Crippen LogP contribution in [0, 0.1) is 23.2 Å². The van der Waals surface area contributed by atoms with Crippen LogP contribution in [-0.2, 0) is 9.26 Å². The number of oxime groups is 1. The zero-order chi connectivity index (χ0) is 22.3. The molecule has 31 heavy (non-hydrogen) atoms. The summed E-state index contributed by atoms with van der Waals surface area (Å²) in [5.74, 6) is 1.60. The molecule has 3 aliphatic rings. The van der Waals surface area contributed by atoms with E-state index in [0.717, 1.165) is 12.3 Å². The van der Waals surface area contributed by atoms with Crippen molar-refractivity contribution in [3.8, 4) is 0 Å². The van der Waals surface area contributed by atoms with Crippen molar-refractivity contribution >= 4 is 24.4 Å². The van der Waals surface area contributed by atoms with Gasteiger partial charge in [-0.25, -0.2) is 0 Å². The first-order valence-corrected chi connectivity index (χ1v) is 13.5. The second kappa shape index (κ2) is 8.21. The van der Waals surface area contributed by atoms with Gasteiger partial charge in [-0.3, -0.25) is 0 Å². The van der Waals surface area contributed by atoms with Gasteiger partial charge >= 0.3 is 0 Å². The molecule has 0 aliphatic heterocycles. The summed E-state index contributed by atoms with van der Waals surface area (Å²) < 4.78 is 7.22. The van der Waals surface area contributed by atoms with E-state index in [0.29, 0.717) is 23.9 Å². The highest BCUT2D eigenvalue weighted by Crippen LogP contribution is 2.59. The fourth-order valence-electron chi connectivity index (χ4n) is 6.05. The molecule has 0 spiro atoms. The van der Waals surface area contributed by atoms with Gasteiger partial charge in [-0.2, -0.15) is 0 Å². The van der Waals surface area contributed by atoms with Gasteiger partial charge in [-0.1, -0.05) is 100 Å². The van der Waals surface area contributed by atoms with Crippen LogP contribution in [0.5, 0.6) is 0 Å². The van der Waals surface area contributed by atoms with Crippen LogP contribution >= 0.6 is 0 Å². The lowest BCUT2D eigenvalue weighted by molar-refractivity contribution is -0.0234. The monoisotopic (exact) mass is 435 g/mol. The highest BCUT2D eigenvalue weighted by Gasteiger charge is 2.57.